The summed E-state index contributed by atoms with van der Waals surface area (Å²) in [5.41, 5.74) is 6.02. The molecule has 14 heavy (non-hydrogen) atoms. The predicted molar refractivity (Wildman–Crippen MR) is 54.8 cm³/mol. The Kier molecular flexibility index (Phi) is 3.33. The third kappa shape index (κ3) is 2.16. The summed E-state index contributed by atoms with van der Waals surface area (Å²) in [6, 6.07) is 3.02. The molecule has 1 aromatic carbocycles. The summed E-state index contributed by atoms with van der Waals surface area (Å²) in [5.74, 6) is -0.272. The molecule has 0 bridgehead atoms. The van der Waals surface area contributed by atoms with Crippen molar-refractivity contribution in [3.8, 4) is 5.75 Å². The molecule has 5 heteroatoms. The lowest BCUT2D eigenvalue weighted by molar-refractivity contribution is 0.182. The summed E-state index contributed by atoms with van der Waals surface area (Å²) in [5, 5.41) is 17.3. The van der Waals surface area contributed by atoms with Crippen LogP contribution in [-0.4, -0.2) is 18.1 Å². The Morgan fingerprint density at radius 2 is 2.29 bits per heavy atom. The van der Waals surface area contributed by atoms with Gasteiger partial charge in [0.1, 0.15) is 11.6 Å². The minimum absolute atomic E-state index is 0.0521. The predicted octanol–water partition coefficient (Wildman–Crippen LogP) is 1.48. The van der Waals surface area contributed by atoms with E-state index in [1.54, 1.807) is 6.07 Å². The van der Waals surface area contributed by atoms with E-state index in [1.807, 2.05) is 0 Å². The van der Waals surface area contributed by atoms with Gasteiger partial charge in [-0.1, -0.05) is 11.6 Å². The molecule has 0 fully saturated rings. The lowest BCUT2D eigenvalue weighted by atomic mass is 10.1. The first-order valence-corrected chi connectivity index (χ1v) is 4.28. The number of ether oxygens (including phenoxy) is 1. The van der Waals surface area contributed by atoms with Crippen LogP contribution in [0.5, 0.6) is 5.75 Å². The Labute approximate surface area is 86.8 Å². The highest BCUT2D eigenvalue weighted by Gasteiger charge is 2.11. The van der Waals surface area contributed by atoms with Crippen molar-refractivity contribution in [2.45, 2.75) is 6.61 Å². The second-order valence-corrected chi connectivity index (χ2v) is 3.24. The van der Waals surface area contributed by atoms with Gasteiger partial charge in [0.25, 0.3) is 0 Å². The second kappa shape index (κ2) is 4.30. The average Bonchev–Trinajstić information content (AvgIpc) is 2.10. The van der Waals surface area contributed by atoms with Crippen LogP contribution in [-0.2, 0) is 11.3 Å². The first-order chi connectivity index (χ1) is 6.56. The van der Waals surface area contributed by atoms with Crippen LogP contribution in [0.25, 0.3) is 0 Å². The molecule has 4 nitrogen and oxygen atoms in total. The van der Waals surface area contributed by atoms with E-state index in [4.69, 9.17) is 27.5 Å². The maximum atomic E-state index is 9.66. The van der Waals surface area contributed by atoms with Crippen LogP contribution < -0.4 is 5.73 Å². The molecule has 0 aliphatic heterocycles. The molecule has 4 N–H and O–H groups in total. The maximum Gasteiger partial charge on any atom is 0.132 e. The number of aromatic hydroxyl groups is 1. The summed E-state index contributed by atoms with van der Waals surface area (Å²) in [6.45, 7) is 0.229. The van der Waals surface area contributed by atoms with Crippen LogP contribution in [0.2, 0.25) is 5.02 Å². The van der Waals surface area contributed by atoms with Gasteiger partial charge in [0.2, 0.25) is 0 Å². The highest BCUT2D eigenvalue weighted by molar-refractivity contribution is 6.31. The van der Waals surface area contributed by atoms with Crippen molar-refractivity contribution >= 4 is 17.4 Å². The number of amidine groups is 1. The molecule has 76 valence electrons. The third-order valence-electron chi connectivity index (χ3n) is 1.74. The molecule has 0 heterocycles. The molecule has 0 unspecified atom stereocenters. The van der Waals surface area contributed by atoms with Crippen LogP contribution >= 0.6 is 11.6 Å². The summed E-state index contributed by atoms with van der Waals surface area (Å²) >= 11 is 5.78. The number of nitrogen functional groups attached to an aromatic ring is 1. The number of nitrogens with one attached hydrogen (secondary N) is 1. The SMILES string of the molecule is COCc1cc(Cl)cc(C(=N)N)c1O. The number of nitrogens with two attached hydrogens (primary N) is 1. The van der Waals surface area contributed by atoms with Crippen LogP contribution in [0.1, 0.15) is 11.1 Å². The molecule has 1 rings (SSSR count). The van der Waals surface area contributed by atoms with Crippen molar-refractivity contribution in [3.63, 3.8) is 0 Å². The number of hydrogen-bond donors (Lipinski definition) is 3. The topological polar surface area (TPSA) is 79.3 Å². The van der Waals surface area contributed by atoms with Gasteiger partial charge in [-0.15, -0.1) is 0 Å². The largest absolute Gasteiger partial charge is 0.507 e. The van der Waals surface area contributed by atoms with Crippen molar-refractivity contribution in [3.05, 3.63) is 28.3 Å². The van der Waals surface area contributed by atoms with Crippen LogP contribution in [0.3, 0.4) is 0 Å². The number of phenols is 1. The number of benzene rings is 1. The highest BCUT2D eigenvalue weighted by atomic mass is 35.5. The molecule has 0 saturated heterocycles. The molecule has 0 radical (unpaired) electrons. The molecule has 0 spiro atoms. The van der Waals surface area contributed by atoms with Gasteiger partial charge in [-0.25, -0.2) is 0 Å². The zero-order valence-corrected chi connectivity index (χ0v) is 8.43. The van der Waals surface area contributed by atoms with E-state index in [-0.39, 0.29) is 23.8 Å². The Morgan fingerprint density at radius 1 is 1.64 bits per heavy atom. The van der Waals surface area contributed by atoms with Gasteiger partial charge >= 0.3 is 0 Å². The zero-order chi connectivity index (χ0) is 10.7. The lowest BCUT2D eigenvalue weighted by Gasteiger charge is -2.08. The molecular formula is C9H11ClN2O2. The van der Waals surface area contributed by atoms with Gasteiger partial charge in [-0.2, -0.15) is 0 Å². The Bertz CT molecular complexity index is 366. The van der Waals surface area contributed by atoms with E-state index in [0.717, 1.165) is 0 Å². The standard InChI is InChI=1S/C9H11ClN2O2/c1-14-4-5-2-6(10)3-7(8(5)13)9(11)12/h2-3,13H,4H2,1H3,(H3,11,12). The minimum Gasteiger partial charge on any atom is -0.507 e. The number of methoxy groups -OCH3 is 1. The summed E-state index contributed by atoms with van der Waals surface area (Å²) in [7, 11) is 1.51. The van der Waals surface area contributed by atoms with Crippen LogP contribution in [0.15, 0.2) is 12.1 Å². The van der Waals surface area contributed by atoms with E-state index in [2.05, 4.69) is 0 Å². The number of rotatable bonds is 3. The Morgan fingerprint density at radius 3 is 2.79 bits per heavy atom. The fraction of sp³-hybridized carbons (Fsp3) is 0.222. The molecule has 0 atom stereocenters. The number of hydrogen-bond acceptors (Lipinski definition) is 3. The fourth-order valence-electron chi connectivity index (χ4n) is 1.13. The Hall–Kier alpha value is -1.26. The molecule has 0 aliphatic rings. The van der Waals surface area contributed by atoms with Crippen molar-refractivity contribution < 1.29 is 9.84 Å². The molecular weight excluding hydrogens is 204 g/mol. The van der Waals surface area contributed by atoms with E-state index in [9.17, 15) is 5.11 Å². The van der Waals surface area contributed by atoms with Gasteiger partial charge in [0.15, 0.2) is 0 Å². The molecule has 1 aromatic rings. The van der Waals surface area contributed by atoms with Crippen LogP contribution in [0.4, 0.5) is 0 Å². The monoisotopic (exact) mass is 214 g/mol. The van der Waals surface area contributed by atoms with Gasteiger partial charge in [0, 0.05) is 17.7 Å². The summed E-state index contributed by atoms with van der Waals surface area (Å²) < 4.78 is 4.87. The quantitative estimate of drug-likeness (QED) is 0.527. The van der Waals surface area contributed by atoms with E-state index < -0.39 is 0 Å². The Balaban J connectivity index is 3.24. The molecule has 0 amide bonds. The normalized spacial score (nSPS) is 10.1. The number of phenolic OH excluding ortho intramolecular Hbond substituents is 1. The van der Waals surface area contributed by atoms with E-state index >= 15 is 0 Å². The van der Waals surface area contributed by atoms with Crippen molar-refractivity contribution in [1.29, 1.82) is 5.41 Å². The first kappa shape index (κ1) is 10.8. The van der Waals surface area contributed by atoms with Gasteiger partial charge in [-0.3, -0.25) is 5.41 Å². The zero-order valence-electron chi connectivity index (χ0n) is 7.67. The number of halogens is 1. The molecule has 0 saturated carbocycles. The highest BCUT2D eigenvalue weighted by Crippen LogP contribution is 2.27. The van der Waals surface area contributed by atoms with Gasteiger partial charge < -0.3 is 15.6 Å². The minimum atomic E-state index is -0.220. The van der Waals surface area contributed by atoms with Crippen molar-refractivity contribution in [2.75, 3.05) is 7.11 Å². The lowest BCUT2D eigenvalue weighted by Crippen LogP contribution is -2.12. The van der Waals surface area contributed by atoms with E-state index in [0.29, 0.717) is 10.6 Å². The van der Waals surface area contributed by atoms with Crippen molar-refractivity contribution in [1.82, 2.24) is 0 Å². The molecule has 0 aliphatic carbocycles. The van der Waals surface area contributed by atoms with Crippen molar-refractivity contribution in [2.24, 2.45) is 5.73 Å². The van der Waals surface area contributed by atoms with Gasteiger partial charge in [-0.05, 0) is 12.1 Å². The average molecular weight is 215 g/mol. The maximum absolute atomic E-state index is 9.66. The molecule has 0 aromatic heterocycles. The fourth-order valence-corrected chi connectivity index (χ4v) is 1.37. The van der Waals surface area contributed by atoms with Gasteiger partial charge in [0.05, 0.1) is 12.2 Å². The van der Waals surface area contributed by atoms with E-state index in [1.165, 1.54) is 13.2 Å². The first-order valence-electron chi connectivity index (χ1n) is 3.91. The van der Waals surface area contributed by atoms with Crippen LogP contribution in [0, 0.1) is 5.41 Å². The third-order valence-corrected chi connectivity index (χ3v) is 1.96. The summed E-state index contributed by atoms with van der Waals surface area (Å²) in [4.78, 5) is 0. The summed E-state index contributed by atoms with van der Waals surface area (Å²) in [6.07, 6.45) is 0. The second-order valence-electron chi connectivity index (χ2n) is 2.81. The smallest absolute Gasteiger partial charge is 0.132 e.